The molecule has 28 heavy (non-hydrogen) atoms. The number of ether oxygens (including phenoxy) is 2. The van der Waals surface area contributed by atoms with Crippen molar-refractivity contribution in [3.8, 4) is 5.75 Å². The van der Waals surface area contributed by atoms with Crippen LogP contribution in [0.4, 0.5) is 5.69 Å². The first-order chi connectivity index (χ1) is 13.4. The fourth-order valence-corrected chi connectivity index (χ4v) is 3.38. The van der Waals surface area contributed by atoms with Crippen LogP contribution in [0, 0.1) is 0 Å². The third-order valence-corrected chi connectivity index (χ3v) is 4.85. The van der Waals surface area contributed by atoms with Crippen LogP contribution in [0.3, 0.4) is 0 Å². The zero-order valence-electron chi connectivity index (χ0n) is 16.7. The summed E-state index contributed by atoms with van der Waals surface area (Å²) in [7, 11) is 1.79. The Hall–Kier alpha value is -2.24. The second-order valence-corrected chi connectivity index (χ2v) is 7.67. The molecule has 1 aliphatic rings. The monoisotopic (exact) mass is 402 g/mol. The van der Waals surface area contributed by atoms with Crippen LogP contribution < -0.4 is 9.64 Å². The summed E-state index contributed by atoms with van der Waals surface area (Å²) in [6.07, 6.45) is -0.0224. The highest BCUT2D eigenvalue weighted by atomic mass is 35.5. The van der Waals surface area contributed by atoms with Gasteiger partial charge in [-0.05, 0) is 49.7 Å². The van der Waals surface area contributed by atoms with Gasteiger partial charge in [-0.15, -0.1) is 0 Å². The van der Waals surface area contributed by atoms with E-state index >= 15 is 0 Å². The molecule has 0 spiro atoms. The van der Waals surface area contributed by atoms with Gasteiger partial charge < -0.3 is 19.3 Å². The number of carbonyl (C=O) groups excluding carboxylic acids is 1. The van der Waals surface area contributed by atoms with Crippen molar-refractivity contribution in [3.63, 3.8) is 0 Å². The minimum atomic E-state index is -0.115. The van der Waals surface area contributed by atoms with E-state index in [-0.39, 0.29) is 12.0 Å². The number of morpholine rings is 1. The standard InChI is InChI=1S/C22H27ClN2O3/c1-16(2)28-21-9-6-18(23)14-20(21)22(26)24(3)15-17-4-7-19(8-5-17)25-10-12-27-13-11-25/h4-9,14,16H,10-13,15H2,1-3H3. The Morgan fingerprint density at radius 3 is 2.50 bits per heavy atom. The number of hydrogen-bond donors (Lipinski definition) is 0. The van der Waals surface area contributed by atoms with Crippen molar-refractivity contribution in [3.05, 3.63) is 58.6 Å². The minimum Gasteiger partial charge on any atom is -0.490 e. The molecule has 2 aromatic rings. The second-order valence-electron chi connectivity index (χ2n) is 7.23. The lowest BCUT2D eigenvalue weighted by Gasteiger charge is -2.29. The van der Waals surface area contributed by atoms with E-state index in [1.807, 2.05) is 13.8 Å². The Kier molecular flexibility index (Phi) is 6.81. The highest BCUT2D eigenvalue weighted by molar-refractivity contribution is 6.31. The molecule has 1 saturated heterocycles. The van der Waals surface area contributed by atoms with E-state index in [0.717, 1.165) is 31.9 Å². The lowest BCUT2D eigenvalue weighted by molar-refractivity contribution is 0.0779. The van der Waals surface area contributed by atoms with Crippen LogP contribution in [0.15, 0.2) is 42.5 Å². The Morgan fingerprint density at radius 2 is 1.86 bits per heavy atom. The molecule has 0 radical (unpaired) electrons. The molecule has 2 aromatic carbocycles. The van der Waals surface area contributed by atoms with Gasteiger partial charge in [-0.25, -0.2) is 0 Å². The molecule has 3 rings (SSSR count). The van der Waals surface area contributed by atoms with E-state index in [4.69, 9.17) is 21.1 Å². The molecule has 150 valence electrons. The van der Waals surface area contributed by atoms with E-state index in [9.17, 15) is 4.79 Å². The lowest BCUT2D eigenvalue weighted by atomic mass is 10.1. The quantitative estimate of drug-likeness (QED) is 0.724. The molecule has 0 saturated carbocycles. The molecule has 0 aliphatic carbocycles. The molecule has 1 fully saturated rings. The Morgan fingerprint density at radius 1 is 1.18 bits per heavy atom. The van der Waals surface area contributed by atoms with E-state index in [1.54, 1.807) is 30.1 Å². The molecular formula is C22H27ClN2O3. The number of anilines is 1. The first-order valence-electron chi connectivity index (χ1n) is 9.57. The summed E-state index contributed by atoms with van der Waals surface area (Å²) in [5.74, 6) is 0.439. The van der Waals surface area contributed by atoms with Crippen LogP contribution in [0.1, 0.15) is 29.8 Å². The molecule has 1 aliphatic heterocycles. The van der Waals surface area contributed by atoms with Crippen molar-refractivity contribution in [1.29, 1.82) is 0 Å². The van der Waals surface area contributed by atoms with Crippen molar-refractivity contribution < 1.29 is 14.3 Å². The number of amides is 1. The number of hydrogen-bond acceptors (Lipinski definition) is 4. The van der Waals surface area contributed by atoms with Crippen LogP contribution >= 0.6 is 11.6 Å². The lowest BCUT2D eigenvalue weighted by Crippen LogP contribution is -2.36. The van der Waals surface area contributed by atoms with Gasteiger partial charge in [0.15, 0.2) is 0 Å². The fourth-order valence-electron chi connectivity index (χ4n) is 3.21. The minimum absolute atomic E-state index is 0.0224. The molecule has 0 aromatic heterocycles. The summed E-state index contributed by atoms with van der Waals surface area (Å²) in [5.41, 5.74) is 2.73. The van der Waals surface area contributed by atoms with Crippen LogP contribution in [-0.2, 0) is 11.3 Å². The molecule has 0 atom stereocenters. The first kappa shape index (κ1) is 20.5. The highest BCUT2D eigenvalue weighted by Gasteiger charge is 2.19. The predicted octanol–water partition coefficient (Wildman–Crippen LogP) is 4.24. The Bertz CT molecular complexity index is 802. The Labute approximate surface area is 171 Å². The summed E-state index contributed by atoms with van der Waals surface area (Å²) >= 11 is 6.11. The third-order valence-electron chi connectivity index (χ3n) is 4.61. The van der Waals surface area contributed by atoms with Gasteiger partial charge in [0.1, 0.15) is 5.75 Å². The first-order valence-corrected chi connectivity index (χ1v) is 9.95. The van der Waals surface area contributed by atoms with Crippen molar-refractivity contribution in [2.75, 3.05) is 38.3 Å². The highest BCUT2D eigenvalue weighted by Crippen LogP contribution is 2.26. The van der Waals surface area contributed by atoms with Gasteiger partial charge in [0.05, 0.1) is 24.9 Å². The molecular weight excluding hydrogens is 376 g/mol. The summed E-state index contributed by atoms with van der Waals surface area (Å²) < 4.78 is 11.2. The van der Waals surface area contributed by atoms with Crippen LogP contribution in [-0.4, -0.2) is 50.3 Å². The number of halogens is 1. The van der Waals surface area contributed by atoms with Gasteiger partial charge in [0.2, 0.25) is 0 Å². The van der Waals surface area contributed by atoms with Crippen LogP contribution in [0.5, 0.6) is 5.75 Å². The molecule has 0 unspecified atom stereocenters. The fraction of sp³-hybridized carbons (Fsp3) is 0.409. The van der Waals surface area contributed by atoms with Gasteiger partial charge in [0.25, 0.3) is 5.91 Å². The molecule has 1 amide bonds. The molecule has 6 heteroatoms. The average Bonchev–Trinajstić information content (AvgIpc) is 2.69. The maximum absolute atomic E-state index is 13.0. The van der Waals surface area contributed by atoms with Crippen LogP contribution in [0.2, 0.25) is 5.02 Å². The Balaban J connectivity index is 1.69. The second kappa shape index (κ2) is 9.30. The van der Waals surface area contributed by atoms with Crippen molar-refractivity contribution >= 4 is 23.2 Å². The largest absolute Gasteiger partial charge is 0.490 e. The zero-order valence-corrected chi connectivity index (χ0v) is 17.4. The normalized spacial score (nSPS) is 14.2. The van der Waals surface area contributed by atoms with E-state index < -0.39 is 0 Å². The van der Waals surface area contributed by atoms with Gasteiger partial charge in [0, 0.05) is 37.4 Å². The van der Waals surface area contributed by atoms with Gasteiger partial charge in [-0.1, -0.05) is 23.7 Å². The molecule has 1 heterocycles. The smallest absolute Gasteiger partial charge is 0.257 e. The van der Waals surface area contributed by atoms with Gasteiger partial charge in [-0.3, -0.25) is 4.79 Å². The van der Waals surface area contributed by atoms with Crippen LogP contribution in [0.25, 0.3) is 0 Å². The average molecular weight is 403 g/mol. The van der Waals surface area contributed by atoms with Crippen molar-refractivity contribution in [2.45, 2.75) is 26.5 Å². The summed E-state index contributed by atoms with van der Waals surface area (Å²) in [5, 5.41) is 0.516. The zero-order chi connectivity index (χ0) is 20.1. The molecule has 0 N–H and O–H groups in total. The van der Waals surface area contributed by atoms with Crippen molar-refractivity contribution in [2.24, 2.45) is 0 Å². The predicted molar refractivity (Wildman–Crippen MR) is 112 cm³/mol. The van der Waals surface area contributed by atoms with E-state index in [1.165, 1.54) is 5.69 Å². The topological polar surface area (TPSA) is 42.0 Å². The number of rotatable bonds is 6. The molecule has 5 nitrogen and oxygen atoms in total. The number of carbonyl (C=O) groups is 1. The maximum atomic E-state index is 13.0. The summed E-state index contributed by atoms with van der Waals surface area (Å²) in [4.78, 5) is 17.0. The number of benzene rings is 2. The van der Waals surface area contributed by atoms with Gasteiger partial charge in [-0.2, -0.15) is 0 Å². The summed E-state index contributed by atoms with van der Waals surface area (Å²) in [6.45, 7) is 7.72. The van der Waals surface area contributed by atoms with Crippen molar-refractivity contribution in [1.82, 2.24) is 4.90 Å². The van der Waals surface area contributed by atoms with E-state index in [2.05, 4.69) is 29.2 Å². The number of nitrogens with zero attached hydrogens (tertiary/aromatic N) is 2. The molecule has 0 bridgehead atoms. The summed E-state index contributed by atoms with van der Waals surface area (Å²) in [6, 6.07) is 13.5. The SMILES string of the molecule is CC(C)Oc1ccc(Cl)cc1C(=O)N(C)Cc1ccc(N2CCOCC2)cc1. The van der Waals surface area contributed by atoms with E-state index in [0.29, 0.717) is 22.9 Å². The third kappa shape index (κ3) is 5.18. The van der Waals surface area contributed by atoms with Gasteiger partial charge >= 0.3 is 0 Å². The maximum Gasteiger partial charge on any atom is 0.257 e.